The molecule has 0 atom stereocenters. The minimum Gasteiger partial charge on any atom is -0.465 e. The summed E-state index contributed by atoms with van der Waals surface area (Å²) in [7, 11) is 0. The molecule has 0 saturated heterocycles. The van der Waals surface area contributed by atoms with Crippen molar-refractivity contribution in [1.29, 1.82) is 0 Å². The van der Waals surface area contributed by atoms with Crippen molar-refractivity contribution in [3.8, 4) is 5.75 Å². The van der Waals surface area contributed by atoms with Crippen molar-refractivity contribution in [1.82, 2.24) is 0 Å². The Kier molecular flexibility index (Phi) is 5.43. The van der Waals surface area contributed by atoms with Gasteiger partial charge in [0, 0.05) is 0 Å². The van der Waals surface area contributed by atoms with Crippen LogP contribution >= 0.6 is 0 Å². The number of rotatable bonds is 6. The van der Waals surface area contributed by atoms with E-state index in [-0.39, 0.29) is 17.9 Å². The SMILES string of the molecule is CCCOC(=O)C(C)(C)C(=O)Oc1ccccc1C=O. The lowest BCUT2D eigenvalue weighted by molar-refractivity contribution is -0.164. The quantitative estimate of drug-likeness (QED) is 0.346. The van der Waals surface area contributed by atoms with E-state index in [4.69, 9.17) is 9.47 Å². The van der Waals surface area contributed by atoms with Gasteiger partial charge in [-0.2, -0.15) is 0 Å². The first-order chi connectivity index (χ1) is 9.43. The summed E-state index contributed by atoms with van der Waals surface area (Å²) in [5.41, 5.74) is -1.18. The molecule has 0 bridgehead atoms. The van der Waals surface area contributed by atoms with Crippen molar-refractivity contribution in [3.05, 3.63) is 29.8 Å². The Morgan fingerprint density at radius 2 is 1.85 bits per heavy atom. The third-order valence-electron chi connectivity index (χ3n) is 2.71. The molecule has 0 aliphatic carbocycles. The molecule has 5 nitrogen and oxygen atoms in total. The Morgan fingerprint density at radius 3 is 2.45 bits per heavy atom. The normalized spacial score (nSPS) is 10.8. The van der Waals surface area contributed by atoms with Crippen LogP contribution in [-0.4, -0.2) is 24.8 Å². The fraction of sp³-hybridized carbons (Fsp3) is 0.400. The molecule has 0 aliphatic rings. The highest BCUT2D eigenvalue weighted by molar-refractivity contribution is 6.00. The molecule has 108 valence electrons. The molecule has 0 N–H and O–H groups in total. The van der Waals surface area contributed by atoms with Crippen molar-refractivity contribution in [2.75, 3.05) is 6.61 Å². The lowest BCUT2D eigenvalue weighted by atomic mass is 9.94. The fourth-order valence-electron chi connectivity index (χ4n) is 1.36. The summed E-state index contributed by atoms with van der Waals surface area (Å²) < 4.78 is 10.1. The fourth-order valence-corrected chi connectivity index (χ4v) is 1.36. The third-order valence-corrected chi connectivity index (χ3v) is 2.71. The lowest BCUT2D eigenvalue weighted by Crippen LogP contribution is -2.38. The predicted octanol–water partition coefficient (Wildman–Crippen LogP) is 2.38. The van der Waals surface area contributed by atoms with Gasteiger partial charge in [-0.05, 0) is 32.4 Å². The molecule has 5 heteroatoms. The van der Waals surface area contributed by atoms with Crippen LogP contribution in [0, 0.1) is 5.41 Å². The highest BCUT2D eigenvalue weighted by Gasteiger charge is 2.40. The molecule has 0 amide bonds. The molecule has 0 fully saturated rings. The van der Waals surface area contributed by atoms with Crippen molar-refractivity contribution in [3.63, 3.8) is 0 Å². The topological polar surface area (TPSA) is 69.7 Å². The number of carbonyl (C=O) groups is 3. The zero-order chi connectivity index (χ0) is 15.2. The summed E-state index contributed by atoms with van der Waals surface area (Å²) in [5.74, 6) is -1.27. The van der Waals surface area contributed by atoms with Crippen molar-refractivity contribution in [2.45, 2.75) is 27.2 Å². The van der Waals surface area contributed by atoms with Gasteiger partial charge in [-0.25, -0.2) is 0 Å². The van der Waals surface area contributed by atoms with Crippen molar-refractivity contribution >= 4 is 18.2 Å². The first-order valence-corrected chi connectivity index (χ1v) is 6.37. The standard InChI is InChI=1S/C15H18O5/c1-4-9-19-13(17)15(2,3)14(18)20-12-8-6-5-7-11(12)10-16/h5-8,10H,4,9H2,1-3H3. The van der Waals surface area contributed by atoms with Gasteiger partial charge in [-0.3, -0.25) is 14.4 Å². The van der Waals surface area contributed by atoms with Crippen LogP contribution in [0.25, 0.3) is 0 Å². The molecular formula is C15H18O5. The number of ether oxygens (including phenoxy) is 2. The Morgan fingerprint density at radius 1 is 1.20 bits per heavy atom. The van der Waals surface area contributed by atoms with Crippen LogP contribution in [0.5, 0.6) is 5.75 Å². The van der Waals surface area contributed by atoms with E-state index in [0.717, 1.165) is 0 Å². The summed E-state index contributed by atoms with van der Waals surface area (Å²) in [6.45, 7) is 4.97. The first kappa shape index (κ1) is 15.9. The molecule has 0 saturated carbocycles. The second-order valence-electron chi connectivity index (χ2n) is 4.81. The van der Waals surface area contributed by atoms with Crippen LogP contribution in [0.1, 0.15) is 37.6 Å². The van der Waals surface area contributed by atoms with Crippen LogP contribution in [0.2, 0.25) is 0 Å². The van der Waals surface area contributed by atoms with E-state index in [1.54, 1.807) is 12.1 Å². The summed E-state index contributed by atoms with van der Waals surface area (Å²) in [6, 6.07) is 6.31. The van der Waals surface area contributed by atoms with Crippen LogP contribution in [0.3, 0.4) is 0 Å². The van der Waals surface area contributed by atoms with E-state index in [0.29, 0.717) is 12.7 Å². The maximum absolute atomic E-state index is 12.1. The minimum atomic E-state index is -1.43. The van der Waals surface area contributed by atoms with Gasteiger partial charge in [0.1, 0.15) is 5.75 Å². The van der Waals surface area contributed by atoms with E-state index in [1.165, 1.54) is 26.0 Å². The van der Waals surface area contributed by atoms with Gasteiger partial charge in [-0.15, -0.1) is 0 Å². The zero-order valence-electron chi connectivity index (χ0n) is 11.8. The maximum Gasteiger partial charge on any atom is 0.328 e. The van der Waals surface area contributed by atoms with Crippen molar-refractivity contribution in [2.24, 2.45) is 5.41 Å². The molecule has 20 heavy (non-hydrogen) atoms. The van der Waals surface area contributed by atoms with E-state index in [9.17, 15) is 14.4 Å². The smallest absolute Gasteiger partial charge is 0.328 e. The summed E-state index contributed by atoms with van der Waals surface area (Å²) >= 11 is 0. The maximum atomic E-state index is 12.1. The average Bonchev–Trinajstić information content (AvgIpc) is 2.45. The Labute approximate surface area is 117 Å². The Bertz CT molecular complexity index is 505. The number of carbonyl (C=O) groups excluding carboxylic acids is 3. The van der Waals surface area contributed by atoms with E-state index >= 15 is 0 Å². The number of hydrogen-bond acceptors (Lipinski definition) is 5. The lowest BCUT2D eigenvalue weighted by Gasteiger charge is -2.20. The average molecular weight is 278 g/mol. The number of aldehydes is 1. The van der Waals surface area contributed by atoms with Gasteiger partial charge >= 0.3 is 11.9 Å². The second-order valence-corrected chi connectivity index (χ2v) is 4.81. The first-order valence-electron chi connectivity index (χ1n) is 6.37. The highest BCUT2D eigenvalue weighted by Crippen LogP contribution is 2.24. The van der Waals surface area contributed by atoms with Crippen LogP contribution in [0.15, 0.2) is 24.3 Å². The molecule has 1 aromatic carbocycles. The number of esters is 2. The van der Waals surface area contributed by atoms with Gasteiger partial charge in [0.2, 0.25) is 0 Å². The van der Waals surface area contributed by atoms with Gasteiger partial charge in [0.15, 0.2) is 11.7 Å². The monoisotopic (exact) mass is 278 g/mol. The van der Waals surface area contributed by atoms with Crippen LogP contribution in [-0.2, 0) is 14.3 Å². The third kappa shape index (κ3) is 3.66. The minimum absolute atomic E-state index is 0.129. The largest absolute Gasteiger partial charge is 0.465 e. The van der Waals surface area contributed by atoms with Gasteiger partial charge in [-0.1, -0.05) is 19.1 Å². The molecule has 0 heterocycles. The molecule has 0 unspecified atom stereocenters. The number of para-hydroxylation sites is 1. The van der Waals surface area contributed by atoms with Crippen LogP contribution < -0.4 is 4.74 Å². The number of hydrogen-bond donors (Lipinski definition) is 0. The summed E-state index contributed by atoms with van der Waals surface area (Å²) in [6.07, 6.45) is 1.26. The molecule has 0 spiro atoms. The molecule has 1 rings (SSSR count). The predicted molar refractivity (Wildman–Crippen MR) is 72.5 cm³/mol. The van der Waals surface area contributed by atoms with E-state index in [1.807, 2.05) is 6.92 Å². The zero-order valence-corrected chi connectivity index (χ0v) is 11.8. The van der Waals surface area contributed by atoms with E-state index < -0.39 is 17.4 Å². The molecular weight excluding hydrogens is 260 g/mol. The highest BCUT2D eigenvalue weighted by atomic mass is 16.6. The molecule has 0 radical (unpaired) electrons. The Hall–Kier alpha value is -2.17. The van der Waals surface area contributed by atoms with Crippen LogP contribution in [0.4, 0.5) is 0 Å². The summed E-state index contributed by atoms with van der Waals surface area (Å²) in [5, 5.41) is 0. The van der Waals surface area contributed by atoms with Gasteiger partial charge in [0.25, 0.3) is 0 Å². The molecule has 0 aliphatic heterocycles. The van der Waals surface area contributed by atoms with E-state index in [2.05, 4.69) is 0 Å². The second kappa shape index (κ2) is 6.84. The molecule has 1 aromatic rings. The number of benzene rings is 1. The Balaban J connectivity index is 2.84. The van der Waals surface area contributed by atoms with Crippen molar-refractivity contribution < 1.29 is 23.9 Å². The van der Waals surface area contributed by atoms with Gasteiger partial charge < -0.3 is 9.47 Å². The molecule has 0 aromatic heterocycles. The van der Waals surface area contributed by atoms with Gasteiger partial charge in [0.05, 0.1) is 12.2 Å². The summed E-state index contributed by atoms with van der Waals surface area (Å²) in [4.78, 5) is 34.7.